The van der Waals surface area contributed by atoms with E-state index in [1.54, 1.807) is 13.8 Å². The Kier molecular flexibility index (Phi) is 9.42. The molecule has 8 N–H and O–H groups in total. The van der Waals surface area contributed by atoms with Crippen molar-refractivity contribution in [2.45, 2.75) is 44.8 Å². The zero-order valence-electron chi connectivity index (χ0n) is 16.5. The number of carboxylic acids is 2. The maximum atomic E-state index is 12.7. The van der Waals surface area contributed by atoms with Crippen LogP contribution in [0.4, 0.5) is 0 Å². The monoisotopic (exact) mass is 426 g/mol. The van der Waals surface area contributed by atoms with Crippen LogP contribution in [-0.4, -0.2) is 74.5 Å². The topological polar surface area (TPSA) is 217 Å². The van der Waals surface area contributed by atoms with Crippen molar-refractivity contribution in [2.75, 3.05) is 6.54 Å². The van der Waals surface area contributed by atoms with Crippen molar-refractivity contribution in [2.24, 2.45) is 11.7 Å². The number of aliphatic carboxylic acids is 2. The Balaban J connectivity index is 2.97. The second kappa shape index (κ2) is 11.5. The molecular weight excluding hydrogens is 400 g/mol. The van der Waals surface area contributed by atoms with Crippen LogP contribution in [0.25, 0.3) is 0 Å². The Bertz CT molecular complexity index is 765. The molecule has 1 heterocycles. The first-order chi connectivity index (χ1) is 14.0. The van der Waals surface area contributed by atoms with E-state index in [-0.39, 0.29) is 12.3 Å². The highest BCUT2D eigenvalue weighted by Crippen LogP contribution is 2.04. The normalized spacial score (nSPS) is 13.7. The summed E-state index contributed by atoms with van der Waals surface area (Å²) in [4.78, 5) is 65.4. The summed E-state index contributed by atoms with van der Waals surface area (Å²) >= 11 is 0. The van der Waals surface area contributed by atoms with E-state index in [0.29, 0.717) is 5.69 Å². The largest absolute Gasteiger partial charge is 0.481 e. The third-order valence-corrected chi connectivity index (χ3v) is 4.06. The number of nitrogens with two attached hydrogens (primary N) is 1. The summed E-state index contributed by atoms with van der Waals surface area (Å²) in [5.74, 6) is -5.36. The molecule has 13 nitrogen and oxygen atoms in total. The van der Waals surface area contributed by atoms with Gasteiger partial charge in [-0.1, -0.05) is 13.8 Å². The highest BCUT2D eigenvalue weighted by atomic mass is 16.4. The predicted octanol–water partition coefficient (Wildman–Crippen LogP) is -2.42. The second-order valence-corrected chi connectivity index (χ2v) is 6.88. The zero-order valence-corrected chi connectivity index (χ0v) is 16.5. The molecule has 30 heavy (non-hydrogen) atoms. The summed E-state index contributed by atoms with van der Waals surface area (Å²) in [6.45, 7) is 2.70. The molecular formula is C17H26N6O7. The average molecular weight is 426 g/mol. The molecule has 0 aliphatic carbocycles. The lowest BCUT2D eigenvalue weighted by Crippen LogP contribution is -2.57. The first-order valence-corrected chi connectivity index (χ1v) is 9.06. The number of rotatable bonds is 12. The lowest BCUT2D eigenvalue weighted by Gasteiger charge is -2.24. The van der Waals surface area contributed by atoms with Gasteiger partial charge in [-0.05, 0) is 5.92 Å². The van der Waals surface area contributed by atoms with Gasteiger partial charge in [0.1, 0.15) is 18.6 Å². The quantitative estimate of drug-likeness (QED) is 0.189. The van der Waals surface area contributed by atoms with Gasteiger partial charge in [-0.3, -0.25) is 24.0 Å². The minimum atomic E-state index is -1.55. The molecule has 0 spiro atoms. The van der Waals surface area contributed by atoms with Gasteiger partial charge in [0.15, 0.2) is 0 Å². The third kappa shape index (κ3) is 8.26. The van der Waals surface area contributed by atoms with Gasteiger partial charge in [-0.25, -0.2) is 4.98 Å². The molecule has 0 aromatic carbocycles. The fourth-order valence-electron chi connectivity index (χ4n) is 2.34. The maximum Gasteiger partial charge on any atom is 0.322 e. The number of imidazole rings is 1. The van der Waals surface area contributed by atoms with Crippen LogP contribution in [0.15, 0.2) is 12.5 Å². The van der Waals surface area contributed by atoms with Crippen molar-refractivity contribution in [1.29, 1.82) is 0 Å². The van der Waals surface area contributed by atoms with Gasteiger partial charge in [0, 0.05) is 18.3 Å². The van der Waals surface area contributed by atoms with E-state index in [1.165, 1.54) is 12.5 Å². The number of aromatic amines is 1. The molecule has 0 saturated heterocycles. The molecule has 13 heteroatoms. The number of nitrogens with one attached hydrogen (secondary N) is 4. The van der Waals surface area contributed by atoms with Crippen molar-refractivity contribution < 1.29 is 34.2 Å². The third-order valence-electron chi connectivity index (χ3n) is 4.06. The molecule has 1 rings (SSSR count). The van der Waals surface area contributed by atoms with E-state index in [4.69, 9.17) is 15.9 Å². The number of nitrogens with zero attached hydrogens (tertiary/aromatic N) is 1. The maximum absolute atomic E-state index is 12.7. The van der Waals surface area contributed by atoms with E-state index in [9.17, 15) is 24.0 Å². The summed E-state index contributed by atoms with van der Waals surface area (Å²) in [7, 11) is 0. The van der Waals surface area contributed by atoms with Gasteiger partial charge < -0.3 is 36.9 Å². The Morgan fingerprint density at radius 3 is 2.17 bits per heavy atom. The van der Waals surface area contributed by atoms with Crippen LogP contribution in [0.3, 0.4) is 0 Å². The van der Waals surface area contributed by atoms with Gasteiger partial charge in [-0.15, -0.1) is 0 Å². The van der Waals surface area contributed by atoms with Crippen LogP contribution in [-0.2, 0) is 30.4 Å². The van der Waals surface area contributed by atoms with Crippen molar-refractivity contribution in [1.82, 2.24) is 25.9 Å². The molecule has 1 aromatic rings. The second-order valence-electron chi connectivity index (χ2n) is 6.88. The smallest absolute Gasteiger partial charge is 0.322 e. The lowest BCUT2D eigenvalue weighted by atomic mass is 10.0. The highest BCUT2D eigenvalue weighted by molar-refractivity contribution is 5.95. The molecule has 0 saturated carbocycles. The van der Waals surface area contributed by atoms with Crippen molar-refractivity contribution >= 4 is 29.7 Å². The average Bonchev–Trinajstić information content (AvgIpc) is 3.16. The van der Waals surface area contributed by atoms with Gasteiger partial charge in [0.25, 0.3) is 0 Å². The number of carbonyl (C=O) groups is 5. The molecule has 3 atom stereocenters. The molecule has 0 fully saturated rings. The van der Waals surface area contributed by atoms with Gasteiger partial charge in [0.2, 0.25) is 17.7 Å². The van der Waals surface area contributed by atoms with E-state index in [0.717, 1.165) is 0 Å². The lowest BCUT2D eigenvalue weighted by molar-refractivity contribution is -0.141. The van der Waals surface area contributed by atoms with Crippen LogP contribution in [0.5, 0.6) is 0 Å². The Morgan fingerprint density at radius 2 is 1.67 bits per heavy atom. The van der Waals surface area contributed by atoms with E-state index >= 15 is 0 Å². The first kappa shape index (κ1) is 24.6. The van der Waals surface area contributed by atoms with Crippen LogP contribution in [0.2, 0.25) is 0 Å². The van der Waals surface area contributed by atoms with E-state index in [2.05, 4.69) is 20.6 Å². The molecule has 0 aliphatic heterocycles. The molecule has 0 aliphatic rings. The number of carbonyl (C=O) groups excluding carboxylic acids is 3. The van der Waals surface area contributed by atoms with E-state index < -0.39 is 60.8 Å². The van der Waals surface area contributed by atoms with Crippen LogP contribution >= 0.6 is 0 Å². The minimum absolute atomic E-state index is 0.0288. The highest BCUT2D eigenvalue weighted by Gasteiger charge is 2.30. The molecule has 3 amide bonds. The van der Waals surface area contributed by atoms with Gasteiger partial charge in [0.05, 0.1) is 18.8 Å². The number of carboxylic acid groups (broad SMARTS) is 2. The van der Waals surface area contributed by atoms with Gasteiger partial charge in [-0.2, -0.15) is 0 Å². The number of H-pyrrole nitrogens is 1. The number of amides is 3. The number of hydrogen-bond donors (Lipinski definition) is 7. The number of hydrogen-bond acceptors (Lipinski definition) is 7. The Morgan fingerprint density at radius 1 is 1.03 bits per heavy atom. The molecule has 0 bridgehead atoms. The SMILES string of the molecule is CC(C)C(N)C(=O)NC(Cc1cnc[nH]1)C(=O)NC(CC(=O)O)C(=O)NCC(=O)O. The summed E-state index contributed by atoms with van der Waals surface area (Å²) < 4.78 is 0. The fourth-order valence-corrected chi connectivity index (χ4v) is 2.34. The zero-order chi connectivity index (χ0) is 22.8. The van der Waals surface area contributed by atoms with Crippen LogP contribution in [0.1, 0.15) is 26.0 Å². The minimum Gasteiger partial charge on any atom is -0.481 e. The molecule has 1 aromatic heterocycles. The van der Waals surface area contributed by atoms with Crippen molar-refractivity contribution in [3.05, 3.63) is 18.2 Å². The van der Waals surface area contributed by atoms with Gasteiger partial charge >= 0.3 is 11.9 Å². The molecule has 166 valence electrons. The van der Waals surface area contributed by atoms with Crippen LogP contribution in [0, 0.1) is 5.92 Å². The standard InChI is InChI=1S/C17H26N6O7/c1-8(2)14(18)17(30)23-10(3-9-5-19-7-21-9)16(29)22-11(4-12(24)25)15(28)20-6-13(26)27/h5,7-8,10-11,14H,3-4,6,18H2,1-2H3,(H,19,21)(H,20,28)(H,22,29)(H,23,30)(H,24,25)(H,26,27). The van der Waals surface area contributed by atoms with Crippen molar-refractivity contribution in [3.63, 3.8) is 0 Å². The summed E-state index contributed by atoms with van der Waals surface area (Å²) in [6, 6.07) is -3.63. The Hall–Kier alpha value is -3.48. The van der Waals surface area contributed by atoms with E-state index in [1.807, 2.05) is 5.32 Å². The summed E-state index contributed by atoms with van der Waals surface area (Å²) in [5.41, 5.74) is 6.30. The summed E-state index contributed by atoms with van der Waals surface area (Å²) in [6.07, 6.45) is 1.99. The summed E-state index contributed by atoms with van der Waals surface area (Å²) in [5, 5.41) is 24.4. The fraction of sp³-hybridized carbons (Fsp3) is 0.529. The molecule has 3 unspecified atom stereocenters. The number of aromatic nitrogens is 2. The Labute approximate surface area is 171 Å². The van der Waals surface area contributed by atoms with Crippen LogP contribution < -0.4 is 21.7 Å². The predicted molar refractivity (Wildman–Crippen MR) is 102 cm³/mol. The molecule has 0 radical (unpaired) electrons. The first-order valence-electron chi connectivity index (χ1n) is 9.06. The van der Waals surface area contributed by atoms with Crippen molar-refractivity contribution in [3.8, 4) is 0 Å².